The zero-order chi connectivity index (χ0) is 7.28. The highest BCUT2D eigenvalue weighted by molar-refractivity contribution is 6.03. The highest BCUT2D eigenvalue weighted by atomic mass is 16.1. The highest BCUT2D eigenvalue weighted by Gasteiger charge is 1.85. The van der Waals surface area contributed by atoms with E-state index < -0.39 is 0 Å². The van der Waals surface area contributed by atoms with Gasteiger partial charge < -0.3 is 0 Å². The normalized spacial score (nSPS) is 9.44. The molecular formula is C7H8O2. The summed E-state index contributed by atoms with van der Waals surface area (Å²) in [6.07, 6.45) is 3.55. The first-order valence-electron chi connectivity index (χ1n) is 2.52. The molecule has 0 aromatic heterocycles. The predicted molar refractivity (Wildman–Crippen MR) is 35.0 cm³/mol. The van der Waals surface area contributed by atoms with Crippen molar-refractivity contribution >= 4 is 11.6 Å². The minimum atomic E-state index is -0.245. The molecule has 0 aliphatic carbocycles. The van der Waals surface area contributed by atoms with E-state index in [1.54, 1.807) is 0 Å². The molecular weight excluding hydrogens is 116 g/mol. The molecule has 0 atom stereocenters. The first kappa shape index (κ1) is 7.82. The van der Waals surface area contributed by atoms with Gasteiger partial charge >= 0.3 is 0 Å². The van der Waals surface area contributed by atoms with Gasteiger partial charge in [-0.1, -0.05) is 6.58 Å². The molecule has 0 radical (unpaired) electrons. The molecule has 2 heteroatoms. The first-order chi connectivity index (χ1) is 4.16. The van der Waals surface area contributed by atoms with Gasteiger partial charge in [0.1, 0.15) is 0 Å². The molecule has 0 aliphatic rings. The quantitative estimate of drug-likeness (QED) is 0.523. The second-order valence-corrected chi connectivity index (χ2v) is 1.55. The van der Waals surface area contributed by atoms with E-state index in [0.717, 1.165) is 6.08 Å². The molecule has 0 saturated carbocycles. The van der Waals surface area contributed by atoms with Crippen LogP contribution in [-0.2, 0) is 9.59 Å². The number of hydrogen-bond acceptors (Lipinski definition) is 2. The van der Waals surface area contributed by atoms with Gasteiger partial charge in [-0.2, -0.15) is 0 Å². The molecule has 0 spiro atoms. The Morgan fingerprint density at radius 1 is 1.33 bits per heavy atom. The maximum absolute atomic E-state index is 10.4. The molecule has 0 bridgehead atoms. The van der Waals surface area contributed by atoms with Crippen LogP contribution in [0.25, 0.3) is 0 Å². The van der Waals surface area contributed by atoms with Crippen molar-refractivity contribution in [1.29, 1.82) is 0 Å². The van der Waals surface area contributed by atoms with Crippen LogP contribution in [0.5, 0.6) is 0 Å². The van der Waals surface area contributed by atoms with E-state index in [1.807, 2.05) is 0 Å². The molecule has 2 nitrogen and oxygen atoms in total. The maximum Gasteiger partial charge on any atom is 0.178 e. The molecule has 0 fully saturated rings. The summed E-state index contributed by atoms with van der Waals surface area (Å²) in [7, 11) is 0. The van der Waals surface area contributed by atoms with Crippen molar-refractivity contribution in [1.82, 2.24) is 0 Å². The Morgan fingerprint density at radius 2 is 1.89 bits per heavy atom. The second kappa shape index (κ2) is 3.78. The molecule has 0 saturated heterocycles. The van der Waals surface area contributed by atoms with Crippen LogP contribution in [0.1, 0.15) is 6.92 Å². The van der Waals surface area contributed by atoms with Gasteiger partial charge in [0, 0.05) is 0 Å². The summed E-state index contributed by atoms with van der Waals surface area (Å²) < 4.78 is 0. The van der Waals surface area contributed by atoms with Crippen molar-refractivity contribution in [2.75, 3.05) is 0 Å². The number of carbonyl (C=O) groups excluding carboxylic acids is 2. The lowest BCUT2D eigenvalue weighted by Crippen LogP contribution is -1.86. The number of hydrogen-bond donors (Lipinski definition) is 0. The SMILES string of the molecule is C=CC(=O)/C=C\C(C)=O. The molecule has 0 rings (SSSR count). The van der Waals surface area contributed by atoms with Crippen molar-refractivity contribution < 1.29 is 9.59 Å². The zero-order valence-electron chi connectivity index (χ0n) is 5.26. The van der Waals surface area contributed by atoms with Crippen molar-refractivity contribution in [3.05, 3.63) is 24.8 Å². The van der Waals surface area contributed by atoms with Crippen molar-refractivity contribution in [3.8, 4) is 0 Å². The van der Waals surface area contributed by atoms with Crippen molar-refractivity contribution in [2.24, 2.45) is 0 Å². The average Bonchev–Trinajstić information content (AvgIpc) is 1.83. The van der Waals surface area contributed by atoms with E-state index in [9.17, 15) is 9.59 Å². The summed E-state index contributed by atoms with van der Waals surface area (Å²) in [5.74, 6) is -0.379. The Hall–Kier alpha value is -1.18. The number of ketones is 2. The lowest BCUT2D eigenvalue weighted by Gasteiger charge is -1.76. The molecule has 0 amide bonds. The van der Waals surface area contributed by atoms with Crippen LogP contribution >= 0.6 is 0 Å². The van der Waals surface area contributed by atoms with Gasteiger partial charge in [-0.15, -0.1) is 0 Å². The summed E-state index contributed by atoms with van der Waals surface area (Å²) >= 11 is 0. The fourth-order valence-electron chi connectivity index (χ4n) is 0.268. The van der Waals surface area contributed by atoms with Crippen LogP contribution in [0.4, 0.5) is 0 Å². The largest absolute Gasteiger partial charge is 0.295 e. The van der Waals surface area contributed by atoms with Gasteiger partial charge in [0.15, 0.2) is 11.6 Å². The van der Waals surface area contributed by atoms with Gasteiger partial charge in [0.2, 0.25) is 0 Å². The van der Waals surface area contributed by atoms with Crippen LogP contribution in [0, 0.1) is 0 Å². The summed E-state index contributed by atoms with van der Waals surface area (Å²) in [4.78, 5) is 20.5. The highest BCUT2D eigenvalue weighted by Crippen LogP contribution is 1.78. The Bertz CT molecular complexity index is 166. The average molecular weight is 124 g/mol. The monoisotopic (exact) mass is 124 g/mol. The third-order valence-corrected chi connectivity index (χ3v) is 0.683. The van der Waals surface area contributed by atoms with Gasteiger partial charge in [-0.25, -0.2) is 0 Å². The van der Waals surface area contributed by atoms with Crippen molar-refractivity contribution in [3.63, 3.8) is 0 Å². The maximum atomic E-state index is 10.4. The molecule has 0 unspecified atom stereocenters. The third kappa shape index (κ3) is 4.68. The Kier molecular flexibility index (Phi) is 3.28. The number of carbonyl (C=O) groups is 2. The van der Waals surface area contributed by atoms with Crippen LogP contribution in [-0.4, -0.2) is 11.6 Å². The molecule has 0 heterocycles. The standard InChI is InChI=1S/C7H8O2/c1-3-7(9)5-4-6(2)8/h3-5H,1H2,2H3/b5-4-. The van der Waals surface area contributed by atoms with Crippen LogP contribution in [0.15, 0.2) is 24.8 Å². The van der Waals surface area contributed by atoms with E-state index in [1.165, 1.54) is 19.1 Å². The summed E-state index contributed by atoms with van der Waals surface area (Å²) in [6, 6.07) is 0. The smallest absolute Gasteiger partial charge is 0.178 e. The van der Waals surface area contributed by atoms with Gasteiger partial charge in [-0.3, -0.25) is 9.59 Å². The first-order valence-corrected chi connectivity index (χ1v) is 2.52. The predicted octanol–water partition coefficient (Wildman–Crippen LogP) is 0.887. The van der Waals surface area contributed by atoms with E-state index in [-0.39, 0.29) is 11.6 Å². The van der Waals surface area contributed by atoms with E-state index in [4.69, 9.17) is 0 Å². The summed E-state index contributed by atoms with van der Waals surface area (Å²) in [5.41, 5.74) is 0. The minimum Gasteiger partial charge on any atom is -0.295 e. The second-order valence-electron chi connectivity index (χ2n) is 1.55. The molecule has 0 aliphatic heterocycles. The topological polar surface area (TPSA) is 34.1 Å². The summed E-state index contributed by atoms with van der Waals surface area (Å²) in [5, 5.41) is 0. The van der Waals surface area contributed by atoms with E-state index >= 15 is 0 Å². The number of allylic oxidation sites excluding steroid dienone is 3. The van der Waals surface area contributed by atoms with Crippen LogP contribution < -0.4 is 0 Å². The lowest BCUT2D eigenvalue weighted by molar-refractivity contribution is -0.113. The van der Waals surface area contributed by atoms with Gasteiger partial charge in [-0.05, 0) is 25.2 Å². The van der Waals surface area contributed by atoms with Crippen molar-refractivity contribution in [2.45, 2.75) is 6.92 Å². The number of rotatable bonds is 3. The van der Waals surface area contributed by atoms with Crippen LogP contribution in [0.2, 0.25) is 0 Å². The minimum absolute atomic E-state index is 0.134. The zero-order valence-corrected chi connectivity index (χ0v) is 5.26. The molecule has 0 aromatic carbocycles. The summed E-state index contributed by atoms with van der Waals surface area (Å²) in [6.45, 7) is 4.61. The molecule has 0 N–H and O–H groups in total. The van der Waals surface area contributed by atoms with Gasteiger partial charge in [0.05, 0.1) is 0 Å². The van der Waals surface area contributed by atoms with E-state index in [0.29, 0.717) is 0 Å². The molecule has 0 aromatic rings. The fourth-order valence-corrected chi connectivity index (χ4v) is 0.268. The Balaban J connectivity index is 3.85. The molecule has 48 valence electrons. The van der Waals surface area contributed by atoms with Gasteiger partial charge in [0.25, 0.3) is 0 Å². The lowest BCUT2D eigenvalue weighted by atomic mass is 10.3. The van der Waals surface area contributed by atoms with Crippen LogP contribution in [0.3, 0.4) is 0 Å². The Morgan fingerprint density at radius 3 is 2.22 bits per heavy atom. The molecule has 9 heavy (non-hydrogen) atoms. The third-order valence-electron chi connectivity index (χ3n) is 0.683. The fraction of sp³-hybridized carbons (Fsp3) is 0.143. The Labute approximate surface area is 53.9 Å². The van der Waals surface area contributed by atoms with E-state index in [2.05, 4.69) is 6.58 Å².